The molecule has 0 aromatic heterocycles. The van der Waals surface area contributed by atoms with Crippen LogP contribution in [0.1, 0.15) is 84.5 Å². The Morgan fingerprint density at radius 2 is 0.931 bits per heavy atom. The summed E-state index contributed by atoms with van der Waals surface area (Å²) in [4.78, 5) is 0. The summed E-state index contributed by atoms with van der Waals surface area (Å²) in [5.74, 6) is 0. The molecule has 0 heterocycles. The van der Waals surface area contributed by atoms with Gasteiger partial charge >= 0.3 is 38.4 Å². The number of rotatable bonds is 14. The molecule has 0 N–H and O–H groups in total. The average Bonchev–Trinajstić information content (AvgIpc) is 2.76. The largest absolute Gasteiger partial charge is 1.00 e. The van der Waals surface area contributed by atoms with E-state index in [2.05, 4.69) is 20.8 Å². The molecule has 1 aromatic carbocycles. The van der Waals surface area contributed by atoms with Gasteiger partial charge in [-0.3, -0.25) is 0 Å². The fraction of sp³-hybridized carbons (Fsp3) is 0.708. The standard InChI is InChI=1S/C12H25.C6H16O3Si.C6H6.Na/c1-3-5-7-9-11-12-10-8-6-4-2;1-5-6-10(7-2,8-3)9-4;1-2-4-6-5-3-1;/h1,3-12H2,2H3;5-6H2,1-4H3;1-6H;/q-1;;;+1. The number of benzene rings is 1. The summed E-state index contributed by atoms with van der Waals surface area (Å²) in [6.07, 6.45) is 14.9. The molecule has 0 aliphatic rings. The number of hydrogen-bond donors (Lipinski definition) is 0. The van der Waals surface area contributed by atoms with Gasteiger partial charge in [0.2, 0.25) is 0 Å². The molecular weight excluding hydrogens is 387 g/mol. The van der Waals surface area contributed by atoms with Crippen LogP contribution in [0.4, 0.5) is 0 Å². The van der Waals surface area contributed by atoms with Crippen molar-refractivity contribution >= 4 is 8.80 Å². The Balaban J connectivity index is -0.000000359. The van der Waals surface area contributed by atoms with Gasteiger partial charge in [0, 0.05) is 27.4 Å². The quantitative estimate of drug-likeness (QED) is 0.241. The fourth-order valence-corrected chi connectivity index (χ4v) is 4.46. The first-order valence-corrected chi connectivity index (χ1v) is 13.0. The smallest absolute Gasteiger partial charge is 0.377 e. The van der Waals surface area contributed by atoms with E-state index in [1.165, 1.54) is 57.8 Å². The molecule has 0 unspecified atom stereocenters. The third kappa shape index (κ3) is 24.5. The molecule has 5 heteroatoms. The van der Waals surface area contributed by atoms with Crippen LogP contribution in [0.15, 0.2) is 36.4 Å². The van der Waals surface area contributed by atoms with Crippen LogP contribution < -0.4 is 29.6 Å². The van der Waals surface area contributed by atoms with Crippen molar-refractivity contribution in [3.8, 4) is 0 Å². The zero-order valence-corrected chi connectivity index (χ0v) is 23.4. The zero-order valence-electron chi connectivity index (χ0n) is 20.4. The summed E-state index contributed by atoms with van der Waals surface area (Å²) in [6.45, 7) is 8.20. The Morgan fingerprint density at radius 3 is 1.17 bits per heavy atom. The van der Waals surface area contributed by atoms with E-state index in [4.69, 9.17) is 13.3 Å². The van der Waals surface area contributed by atoms with Crippen LogP contribution in [-0.4, -0.2) is 30.1 Å². The molecule has 1 rings (SSSR count). The van der Waals surface area contributed by atoms with E-state index in [0.717, 1.165) is 18.9 Å². The minimum atomic E-state index is -2.22. The summed E-state index contributed by atoms with van der Waals surface area (Å²) in [6, 6.07) is 12.9. The maximum absolute atomic E-state index is 5.17. The van der Waals surface area contributed by atoms with E-state index in [9.17, 15) is 0 Å². The first-order chi connectivity index (χ1) is 13.7. The monoisotopic (exact) mass is 434 g/mol. The second-order valence-electron chi connectivity index (χ2n) is 6.88. The molecule has 0 saturated carbocycles. The summed E-state index contributed by atoms with van der Waals surface area (Å²) in [5.41, 5.74) is 0. The van der Waals surface area contributed by atoms with Gasteiger partial charge in [-0.1, -0.05) is 114 Å². The predicted octanol–water partition coefficient (Wildman–Crippen LogP) is 4.71. The van der Waals surface area contributed by atoms with Gasteiger partial charge in [-0.2, -0.15) is 6.42 Å². The van der Waals surface area contributed by atoms with E-state index in [0.29, 0.717) is 0 Å². The second kappa shape index (κ2) is 28.3. The normalized spacial score (nSPS) is 10.1. The average molecular weight is 435 g/mol. The van der Waals surface area contributed by atoms with Crippen molar-refractivity contribution in [2.24, 2.45) is 0 Å². The SMILES string of the molecule is CCC[Si](OC)(OC)OC.[CH2-]CCCCCCCCCCC.[Na+].c1ccccc1. The van der Waals surface area contributed by atoms with Crippen molar-refractivity contribution in [2.75, 3.05) is 21.3 Å². The Labute approximate surface area is 206 Å². The molecular formula is C24H47NaO3Si. The molecule has 0 radical (unpaired) electrons. The van der Waals surface area contributed by atoms with E-state index in [-0.39, 0.29) is 29.6 Å². The molecule has 29 heavy (non-hydrogen) atoms. The molecule has 0 aliphatic carbocycles. The van der Waals surface area contributed by atoms with Gasteiger partial charge in [0.1, 0.15) is 0 Å². The van der Waals surface area contributed by atoms with E-state index in [1.54, 1.807) is 21.3 Å². The van der Waals surface area contributed by atoms with Crippen LogP contribution in [0.3, 0.4) is 0 Å². The van der Waals surface area contributed by atoms with Crippen LogP contribution >= 0.6 is 0 Å². The van der Waals surface area contributed by atoms with Crippen molar-refractivity contribution in [1.82, 2.24) is 0 Å². The molecule has 1 aromatic rings. The van der Waals surface area contributed by atoms with E-state index < -0.39 is 8.80 Å². The van der Waals surface area contributed by atoms with Crippen molar-refractivity contribution < 1.29 is 42.8 Å². The molecule has 0 spiro atoms. The predicted molar refractivity (Wildman–Crippen MR) is 126 cm³/mol. The maximum atomic E-state index is 5.17. The van der Waals surface area contributed by atoms with Crippen molar-refractivity contribution in [3.05, 3.63) is 43.3 Å². The molecule has 0 atom stereocenters. The molecule has 166 valence electrons. The second-order valence-corrected chi connectivity index (χ2v) is 9.97. The van der Waals surface area contributed by atoms with Gasteiger partial charge in [0.05, 0.1) is 0 Å². The van der Waals surface area contributed by atoms with Crippen molar-refractivity contribution in [3.63, 3.8) is 0 Å². The molecule has 0 aliphatic heterocycles. The van der Waals surface area contributed by atoms with Crippen molar-refractivity contribution in [1.29, 1.82) is 0 Å². The Kier molecular flexibility index (Phi) is 33.1. The summed E-state index contributed by atoms with van der Waals surface area (Å²) >= 11 is 0. The van der Waals surface area contributed by atoms with Gasteiger partial charge in [-0.25, -0.2) is 0 Å². The Morgan fingerprint density at radius 1 is 0.586 bits per heavy atom. The van der Waals surface area contributed by atoms with Crippen LogP contribution in [0.25, 0.3) is 0 Å². The Hall–Kier alpha value is 0.317. The summed E-state index contributed by atoms with van der Waals surface area (Å²) in [7, 11) is 2.68. The summed E-state index contributed by atoms with van der Waals surface area (Å²) < 4.78 is 15.5. The van der Waals surface area contributed by atoms with Gasteiger partial charge in [-0.15, -0.1) is 0 Å². The minimum absolute atomic E-state index is 0. The first kappa shape index (κ1) is 33.9. The molecule has 0 bridgehead atoms. The molecule has 0 fully saturated rings. The van der Waals surface area contributed by atoms with Crippen LogP contribution in [0.5, 0.6) is 0 Å². The van der Waals surface area contributed by atoms with Crippen LogP contribution in [-0.2, 0) is 13.3 Å². The molecule has 0 amide bonds. The fourth-order valence-electron chi connectivity index (χ4n) is 2.73. The maximum Gasteiger partial charge on any atom is 1.00 e. The number of unbranched alkanes of at least 4 members (excludes halogenated alkanes) is 9. The Bertz CT molecular complexity index is 331. The van der Waals surface area contributed by atoms with Gasteiger partial charge in [-0.05, 0) is 0 Å². The molecule has 3 nitrogen and oxygen atoms in total. The van der Waals surface area contributed by atoms with Crippen LogP contribution in [0, 0.1) is 6.92 Å². The number of hydrogen-bond acceptors (Lipinski definition) is 3. The first-order valence-electron chi connectivity index (χ1n) is 11.1. The third-order valence-electron chi connectivity index (χ3n) is 4.51. The van der Waals surface area contributed by atoms with Crippen molar-refractivity contribution in [2.45, 2.75) is 90.5 Å². The summed E-state index contributed by atoms with van der Waals surface area (Å²) in [5, 5.41) is 0. The minimum Gasteiger partial charge on any atom is -0.377 e. The van der Waals surface area contributed by atoms with Gasteiger partial charge in [0.15, 0.2) is 0 Å². The van der Waals surface area contributed by atoms with E-state index >= 15 is 0 Å². The topological polar surface area (TPSA) is 27.7 Å². The van der Waals surface area contributed by atoms with E-state index in [1.807, 2.05) is 36.4 Å². The van der Waals surface area contributed by atoms with Crippen LogP contribution in [0.2, 0.25) is 6.04 Å². The third-order valence-corrected chi connectivity index (χ3v) is 7.49. The molecule has 0 saturated heterocycles. The van der Waals surface area contributed by atoms with Gasteiger partial charge < -0.3 is 20.2 Å². The van der Waals surface area contributed by atoms with Gasteiger partial charge in [0.25, 0.3) is 0 Å². The zero-order chi connectivity index (χ0) is 21.3.